The van der Waals surface area contributed by atoms with Crippen molar-refractivity contribution < 1.29 is 121 Å². The first kappa shape index (κ1) is 45.7. The van der Waals surface area contributed by atoms with Crippen LogP contribution in [0.4, 0.5) is 0 Å². The van der Waals surface area contributed by atoms with E-state index >= 15 is 0 Å². The van der Waals surface area contributed by atoms with Crippen molar-refractivity contribution >= 4 is 17.9 Å². The van der Waals surface area contributed by atoms with Crippen LogP contribution in [0.2, 0.25) is 0 Å². The highest BCUT2D eigenvalue weighted by Gasteiger charge is 2.42. The standard InChI is InChI=1S/C24H44O24/c25-1-7(28)10(31)13(34)16(37)19(40)22(43)46-4-6(48-24(45)21(42)18(39)15(36)12(33)9(30)3-27)5-47-23(44)20(41)17(38)14(35)11(32)8(29)2-26/h6-21,25-42H,1-5H2. The number of rotatable bonds is 23. The van der Waals surface area contributed by atoms with Gasteiger partial charge in [-0.05, 0) is 0 Å². The summed E-state index contributed by atoms with van der Waals surface area (Å²) in [6.07, 6.45) is -38.7. The number of esters is 3. The molecule has 0 amide bonds. The Morgan fingerprint density at radius 3 is 0.875 bits per heavy atom. The average Bonchev–Trinajstić information content (AvgIpc) is 3.09. The third kappa shape index (κ3) is 13.2. The van der Waals surface area contributed by atoms with E-state index in [2.05, 4.69) is 9.47 Å². The van der Waals surface area contributed by atoms with Gasteiger partial charge in [-0.2, -0.15) is 0 Å². The molecule has 0 saturated heterocycles. The van der Waals surface area contributed by atoms with Crippen LogP contribution < -0.4 is 0 Å². The first-order valence-electron chi connectivity index (χ1n) is 13.8. The number of aliphatic hydroxyl groups excluding tert-OH is 18. The van der Waals surface area contributed by atoms with Gasteiger partial charge >= 0.3 is 17.9 Å². The third-order valence-electron chi connectivity index (χ3n) is 6.64. The molecule has 0 aromatic carbocycles. The summed E-state index contributed by atoms with van der Waals surface area (Å²) < 4.78 is 13.8. The van der Waals surface area contributed by atoms with Crippen LogP contribution in [-0.2, 0) is 28.6 Å². The van der Waals surface area contributed by atoms with Crippen LogP contribution >= 0.6 is 0 Å². The summed E-state index contributed by atoms with van der Waals surface area (Å²) in [5.41, 5.74) is 0. The smallest absolute Gasteiger partial charge is 0.338 e. The number of carbonyl (C=O) groups excluding carboxylic acids is 3. The van der Waals surface area contributed by atoms with E-state index < -0.39 is 149 Å². The Morgan fingerprint density at radius 2 is 0.625 bits per heavy atom. The van der Waals surface area contributed by atoms with E-state index in [1.54, 1.807) is 0 Å². The Kier molecular flexibility index (Phi) is 20.7. The molecule has 15 atom stereocenters. The van der Waals surface area contributed by atoms with Crippen molar-refractivity contribution in [2.75, 3.05) is 33.0 Å². The minimum Gasteiger partial charge on any atom is -0.460 e. The molecule has 18 N–H and O–H groups in total. The van der Waals surface area contributed by atoms with Crippen molar-refractivity contribution in [3.8, 4) is 0 Å². The first-order chi connectivity index (χ1) is 22.2. The van der Waals surface area contributed by atoms with E-state index in [9.17, 15) is 91.0 Å². The highest BCUT2D eigenvalue weighted by molar-refractivity contribution is 5.77. The van der Waals surface area contributed by atoms with Crippen LogP contribution in [0.5, 0.6) is 0 Å². The molecule has 0 fully saturated rings. The fourth-order valence-electron chi connectivity index (χ4n) is 3.46. The van der Waals surface area contributed by atoms with Crippen LogP contribution in [0, 0.1) is 0 Å². The summed E-state index contributed by atoms with van der Waals surface area (Å²) in [6.45, 7) is -6.02. The Morgan fingerprint density at radius 1 is 0.375 bits per heavy atom. The lowest BCUT2D eigenvalue weighted by Crippen LogP contribution is -2.53. The van der Waals surface area contributed by atoms with Gasteiger partial charge in [0, 0.05) is 0 Å². The predicted molar refractivity (Wildman–Crippen MR) is 143 cm³/mol. The first-order valence-corrected chi connectivity index (χ1v) is 13.8. The molecular formula is C24H44O24. The van der Waals surface area contributed by atoms with Gasteiger partial charge < -0.3 is 106 Å². The van der Waals surface area contributed by atoms with E-state index in [0.717, 1.165) is 0 Å². The topological polar surface area (TPSA) is 443 Å². The largest absolute Gasteiger partial charge is 0.460 e. The summed E-state index contributed by atoms with van der Waals surface area (Å²) in [5, 5.41) is 173. The number of aliphatic hydroxyl groups is 18. The lowest BCUT2D eigenvalue weighted by Gasteiger charge is -2.29. The van der Waals surface area contributed by atoms with Crippen molar-refractivity contribution in [2.45, 2.75) is 97.7 Å². The molecule has 48 heavy (non-hydrogen) atoms. The summed E-state index contributed by atoms with van der Waals surface area (Å²) >= 11 is 0. The lowest BCUT2D eigenvalue weighted by molar-refractivity contribution is -0.193. The second-order valence-electron chi connectivity index (χ2n) is 10.3. The molecule has 0 aliphatic heterocycles. The molecule has 0 aromatic heterocycles. The Hall–Kier alpha value is -2.31. The van der Waals surface area contributed by atoms with Gasteiger partial charge in [-0.1, -0.05) is 0 Å². The fraction of sp³-hybridized carbons (Fsp3) is 0.875. The molecule has 0 aliphatic rings. The SMILES string of the molecule is O=C(OCC(COC(=O)C(O)C(O)C(O)C(O)C(O)CO)OC(=O)C(O)C(O)C(O)C(O)C(O)CO)C(O)C(O)C(O)C(O)C(O)CO. The van der Waals surface area contributed by atoms with Gasteiger partial charge in [-0.15, -0.1) is 0 Å². The van der Waals surface area contributed by atoms with Gasteiger partial charge in [-0.25, -0.2) is 14.4 Å². The van der Waals surface area contributed by atoms with Gasteiger partial charge in [-0.3, -0.25) is 0 Å². The number of hydrogen-bond donors (Lipinski definition) is 18. The molecule has 0 aliphatic carbocycles. The molecule has 0 saturated carbocycles. The fourth-order valence-corrected chi connectivity index (χ4v) is 3.46. The third-order valence-corrected chi connectivity index (χ3v) is 6.64. The highest BCUT2D eigenvalue weighted by Crippen LogP contribution is 2.14. The Balaban J connectivity index is 5.83. The van der Waals surface area contributed by atoms with Crippen LogP contribution in [-0.4, -0.2) is 241 Å². The summed E-state index contributed by atoms with van der Waals surface area (Å²) in [6, 6.07) is 0. The molecule has 0 bridgehead atoms. The molecule has 0 radical (unpaired) electrons. The van der Waals surface area contributed by atoms with Crippen molar-refractivity contribution in [1.29, 1.82) is 0 Å². The number of carbonyl (C=O) groups is 3. The molecule has 0 spiro atoms. The zero-order valence-electron chi connectivity index (χ0n) is 24.8. The van der Waals surface area contributed by atoms with Crippen LogP contribution in [0.3, 0.4) is 0 Å². The molecule has 0 rings (SSSR count). The van der Waals surface area contributed by atoms with Crippen molar-refractivity contribution in [3.05, 3.63) is 0 Å². The summed E-state index contributed by atoms with van der Waals surface area (Å²) in [4.78, 5) is 36.9. The van der Waals surface area contributed by atoms with Crippen molar-refractivity contribution in [2.24, 2.45) is 0 Å². The van der Waals surface area contributed by atoms with Crippen molar-refractivity contribution in [1.82, 2.24) is 0 Å². The van der Waals surface area contributed by atoms with Gasteiger partial charge in [0.05, 0.1) is 19.8 Å². The minimum atomic E-state index is -2.79. The summed E-state index contributed by atoms with van der Waals surface area (Å²) in [7, 11) is 0. The zero-order valence-corrected chi connectivity index (χ0v) is 24.8. The van der Waals surface area contributed by atoms with Gasteiger partial charge in [0.2, 0.25) is 0 Å². The van der Waals surface area contributed by atoms with Crippen LogP contribution in [0.1, 0.15) is 0 Å². The van der Waals surface area contributed by atoms with E-state index in [4.69, 9.17) is 20.1 Å². The second-order valence-corrected chi connectivity index (χ2v) is 10.3. The maximum atomic E-state index is 12.4. The Bertz CT molecular complexity index is 905. The second kappa shape index (κ2) is 21.7. The molecule has 284 valence electrons. The molecule has 0 aromatic rings. The van der Waals surface area contributed by atoms with E-state index in [1.807, 2.05) is 0 Å². The predicted octanol–water partition coefficient (Wildman–Crippen LogP) is -12.6. The maximum Gasteiger partial charge on any atom is 0.338 e. The molecule has 0 heterocycles. The van der Waals surface area contributed by atoms with Gasteiger partial charge in [0.25, 0.3) is 0 Å². The number of ether oxygens (including phenoxy) is 3. The minimum absolute atomic E-state index is 1.12. The molecule has 15 unspecified atom stereocenters. The van der Waals surface area contributed by atoms with Crippen LogP contribution in [0.25, 0.3) is 0 Å². The molecule has 24 heteroatoms. The van der Waals surface area contributed by atoms with Gasteiger partial charge in [0.1, 0.15) is 86.5 Å². The molecular weight excluding hydrogens is 672 g/mol. The zero-order chi connectivity index (χ0) is 37.6. The monoisotopic (exact) mass is 716 g/mol. The van der Waals surface area contributed by atoms with E-state index in [1.165, 1.54) is 0 Å². The maximum absolute atomic E-state index is 12.4. The molecule has 24 nitrogen and oxygen atoms in total. The normalized spacial score (nSPS) is 22.1. The highest BCUT2D eigenvalue weighted by atomic mass is 16.6. The lowest BCUT2D eigenvalue weighted by atomic mass is 9.99. The van der Waals surface area contributed by atoms with E-state index in [-0.39, 0.29) is 0 Å². The van der Waals surface area contributed by atoms with Crippen molar-refractivity contribution in [3.63, 3.8) is 0 Å². The van der Waals surface area contributed by atoms with Gasteiger partial charge in [0.15, 0.2) is 24.4 Å². The summed E-state index contributed by atoms with van der Waals surface area (Å²) in [5.74, 6) is -5.64. The Labute approximate surface area is 269 Å². The quantitative estimate of drug-likeness (QED) is 0.0344. The average molecular weight is 717 g/mol. The van der Waals surface area contributed by atoms with E-state index in [0.29, 0.717) is 0 Å². The van der Waals surface area contributed by atoms with Crippen LogP contribution in [0.15, 0.2) is 0 Å². The number of hydrogen-bond acceptors (Lipinski definition) is 24.